The molecule has 204 valence electrons. The zero-order valence-electron chi connectivity index (χ0n) is 22.2. The first-order valence-corrected chi connectivity index (χ1v) is 14.4. The summed E-state index contributed by atoms with van der Waals surface area (Å²) in [5.74, 6) is -0.651. The zero-order valence-corrected chi connectivity index (χ0v) is 23.1. The van der Waals surface area contributed by atoms with Crippen LogP contribution in [0.3, 0.4) is 0 Å². The van der Waals surface area contributed by atoms with Gasteiger partial charge in [0.1, 0.15) is 5.82 Å². The van der Waals surface area contributed by atoms with Crippen molar-refractivity contribution >= 4 is 27.7 Å². The molecule has 0 aliphatic heterocycles. The molecule has 0 fully saturated rings. The van der Waals surface area contributed by atoms with E-state index in [2.05, 4.69) is 5.32 Å². The number of halogens is 1. The molecule has 1 amide bonds. The van der Waals surface area contributed by atoms with Gasteiger partial charge in [0.05, 0.1) is 30.6 Å². The number of unbranched alkanes of at least 4 members (excludes halogenated alkanes) is 1. The van der Waals surface area contributed by atoms with Gasteiger partial charge in [-0.05, 0) is 58.9 Å². The lowest BCUT2D eigenvalue weighted by Gasteiger charge is -2.23. The van der Waals surface area contributed by atoms with Crippen LogP contribution in [-0.2, 0) is 14.8 Å². The van der Waals surface area contributed by atoms with Gasteiger partial charge in [0.25, 0.3) is 0 Å². The second-order valence-corrected chi connectivity index (χ2v) is 11.6. The summed E-state index contributed by atoms with van der Waals surface area (Å²) in [7, 11) is -2.04. The lowest BCUT2D eigenvalue weighted by atomic mass is 9.88. The number of aliphatic hydroxyl groups is 2. The van der Waals surface area contributed by atoms with Gasteiger partial charge in [-0.15, -0.1) is 0 Å². The Morgan fingerprint density at radius 3 is 2.38 bits per heavy atom. The van der Waals surface area contributed by atoms with Crippen molar-refractivity contribution in [3.63, 3.8) is 0 Å². The molecule has 3 N–H and O–H groups in total. The SMILES string of the molecule is CCCCNC(=O)C[C@H](O)C[C@H](O)/C=C/c1c(-c2ccc(F)cc2)cc(N(C)S(C)(=O)=O)cc1C(C)C. The van der Waals surface area contributed by atoms with Crippen molar-refractivity contribution in [3.05, 3.63) is 59.4 Å². The van der Waals surface area contributed by atoms with E-state index in [4.69, 9.17) is 0 Å². The molecule has 0 saturated heterocycles. The maximum atomic E-state index is 13.6. The van der Waals surface area contributed by atoms with Gasteiger partial charge in [-0.3, -0.25) is 9.10 Å². The molecule has 0 heterocycles. The van der Waals surface area contributed by atoms with E-state index >= 15 is 0 Å². The maximum Gasteiger partial charge on any atom is 0.231 e. The fraction of sp³-hybridized carbons (Fsp3) is 0.464. The summed E-state index contributed by atoms with van der Waals surface area (Å²) in [4.78, 5) is 11.9. The molecule has 0 aliphatic rings. The van der Waals surface area contributed by atoms with Crippen LogP contribution >= 0.6 is 0 Å². The lowest BCUT2D eigenvalue weighted by molar-refractivity contribution is -0.123. The van der Waals surface area contributed by atoms with Crippen LogP contribution in [0.4, 0.5) is 10.1 Å². The fourth-order valence-corrected chi connectivity index (χ4v) is 4.39. The standard InChI is InChI=1S/C28H39FN2O5S/c1-6-7-14-30-28(34)18-24(33)17-23(32)12-13-25-26(19(2)3)15-22(31(4)37(5,35)36)16-27(25)20-8-10-21(29)11-9-20/h8-13,15-16,19,23-24,32-33H,6-7,14,17-18H2,1-5H3,(H,30,34)/b13-12+/t23-,24-/m1/s1. The van der Waals surface area contributed by atoms with Gasteiger partial charge in [0.2, 0.25) is 15.9 Å². The number of nitrogens with zero attached hydrogens (tertiary/aromatic N) is 1. The predicted octanol–water partition coefficient (Wildman–Crippen LogP) is 4.44. The van der Waals surface area contributed by atoms with Crippen LogP contribution in [0.1, 0.15) is 63.5 Å². The van der Waals surface area contributed by atoms with Crippen LogP contribution in [-0.4, -0.2) is 56.6 Å². The van der Waals surface area contributed by atoms with Gasteiger partial charge in [-0.1, -0.05) is 51.5 Å². The van der Waals surface area contributed by atoms with Crippen LogP contribution < -0.4 is 9.62 Å². The second-order valence-electron chi connectivity index (χ2n) is 9.61. The minimum atomic E-state index is -3.52. The molecule has 0 unspecified atom stereocenters. The number of sulfonamides is 1. The molecule has 2 rings (SSSR count). The normalized spacial score (nSPS) is 13.6. The third-order valence-corrected chi connectivity index (χ3v) is 7.31. The first-order chi connectivity index (χ1) is 17.3. The van der Waals surface area contributed by atoms with E-state index in [-0.39, 0.29) is 24.7 Å². The summed E-state index contributed by atoms with van der Waals surface area (Å²) in [6.07, 6.45) is 4.08. The topological polar surface area (TPSA) is 107 Å². The Morgan fingerprint density at radius 1 is 1.16 bits per heavy atom. The van der Waals surface area contributed by atoms with Gasteiger partial charge >= 0.3 is 0 Å². The van der Waals surface area contributed by atoms with E-state index in [1.807, 2.05) is 20.8 Å². The Labute approximate surface area is 220 Å². The summed E-state index contributed by atoms with van der Waals surface area (Å²) in [5, 5.41) is 23.6. The first-order valence-electron chi connectivity index (χ1n) is 12.5. The summed E-state index contributed by atoms with van der Waals surface area (Å²) in [5.41, 5.74) is 3.42. The largest absolute Gasteiger partial charge is 0.392 e. The number of aliphatic hydroxyl groups excluding tert-OH is 2. The zero-order chi connectivity index (χ0) is 27.8. The van der Waals surface area contributed by atoms with Gasteiger partial charge < -0.3 is 15.5 Å². The summed E-state index contributed by atoms with van der Waals surface area (Å²) < 4.78 is 39.3. The quantitative estimate of drug-likeness (QED) is 0.329. The van der Waals surface area contributed by atoms with Crippen LogP contribution in [0.15, 0.2) is 42.5 Å². The van der Waals surface area contributed by atoms with Crippen molar-refractivity contribution in [1.29, 1.82) is 0 Å². The Kier molecular flexibility index (Phi) is 11.3. The minimum Gasteiger partial charge on any atom is -0.392 e. The number of hydrogen-bond acceptors (Lipinski definition) is 5. The number of anilines is 1. The lowest BCUT2D eigenvalue weighted by Crippen LogP contribution is -2.29. The smallest absolute Gasteiger partial charge is 0.231 e. The molecule has 7 nitrogen and oxygen atoms in total. The molecule has 0 bridgehead atoms. The summed E-state index contributed by atoms with van der Waals surface area (Å²) in [6, 6.07) is 9.42. The number of rotatable bonds is 13. The monoisotopic (exact) mass is 534 g/mol. The highest BCUT2D eigenvalue weighted by atomic mass is 32.2. The fourth-order valence-electron chi connectivity index (χ4n) is 3.90. The molecule has 0 aliphatic carbocycles. The average Bonchev–Trinajstić information content (AvgIpc) is 2.81. The van der Waals surface area contributed by atoms with Crippen LogP contribution in [0, 0.1) is 5.82 Å². The van der Waals surface area contributed by atoms with Crippen LogP contribution in [0.2, 0.25) is 0 Å². The molecule has 0 spiro atoms. The molecule has 2 aromatic rings. The van der Waals surface area contributed by atoms with Crippen molar-refractivity contribution in [2.75, 3.05) is 24.2 Å². The van der Waals surface area contributed by atoms with Gasteiger partial charge in [0, 0.05) is 20.0 Å². The molecule has 2 atom stereocenters. The van der Waals surface area contributed by atoms with E-state index in [1.165, 1.54) is 23.5 Å². The number of amides is 1. The Hall–Kier alpha value is -2.75. The number of hydrogen-bond donors (Lipinski definition) is 3. The van der Waals surface area contributed by atoms with Crippen molar-refractivity contribution in [1.82, 2.24) is 5.32 Å². The molecular weight excluding hydrogens is 495 g/mol. The van der Waals surface area contributed by atoms with Gasteiger partial charge in [-0.25, -0.2) is 12.8 Å². The number of carbonyl (C=O) groups is 1. The van der Waals surface area contributed by atoms with Gasteiger partial charge in [-0.2, -0.15) is 0 Å². The average molecular weight is 535 g/mol. The third kappa shape index (κ3) is 9.25. The van der Waals surface area contributed by atoms with E-state index in [0.29, 0.717) is 23.4 Å². The Bertz CT molecular complexity index is 1180. The summed E-state index contributed by atoms with van der Waals surface area (Å²) in [6.45, 7) is 6.53. The number of nitrogens with one attached hydrogen (secondary N) is 1. The highest BCUT2D eigenvalue weighted by molar-refractivity contribution is 7.92. The van der Waals surface area contributed by atoms with E-state index in [1.54, 1.807) is 36.4 Å². The Balaban J connectivity index is 2.40. The molecule has 9 heteroatoms. The van der Waals surface area contributed by atoms with E-state index < -0.39 is 28.0 Å². The van der Waals surface area contributed by atoms with Crippen LogP contribution in [0.5, 0.6) is 0 Å². The van der Waals surface area contributed by atoms with Crippen molar-refractivity contribution < 1.29 is 27.8 Å². The molecule has 0 saturated carbocycles. The third-order valence-electron chi connectivity index (χ3n) is 6.11. The summed E-state index contributed by atoms with van der Waals surface area (Å²) >= 11 is 0. The molecule has 37 heavy (non-hydrogen) atoms. The maximum absolute atomic E-state index is 13.6. The number of carbonyl (C=O) groups excluding carboxylic acids is 1. The second kappa shape index (κ2) is 13.7. The molecular formula is C28H39FN2O5S. The minimum absolute atomic E-state index is 0.00121. The predicted molar refractivity (Wildman–Crippen MR) is 147 cm³/mol. The van der Waals surface area contributed by atoms with Crippen LogP contribution in [0.25, 0.3) is 17.2 Å². The van der Waals surface area contributed by atoms with Gasteiger partial charge in [0.15, 0.2) is 0 Å². The van der Waals surface area contributed by atoms with Crippen molar-refractivity contribution in [2.45, 2.75) is 64.6 Å². The Morgan fingerprint density at radius 2 is 1.81 bits per heavy atom. The molecule has 2 aromatic carbocycles. The highest BCUT2D eigenvalue weighted by Crippen LogP contribution is 2.36. The molecule has 0 radical (unpaired) electrons. The first kappa shape index (κ1) is 30.5. The van der Waals surface area contributed by atoms with Crippen molar-refractivity contribution in [3.8, 4) is 11.1 Å². The number of benzene rings is 2. The molecule has 0 aromatic heterocycles. The highest BCUT2D eigenvalue weighted by Gasteiger charge is 2.20. The van der Waals surface area contributed by atoms with E-state index in [9.17, 15) is 27.8 Å². The van der Waals surface area contributed by atoms with Crippen molar-refractivity contribution in [2.24, 2.45) is 0 Å². The van der Waals surface area contributed by atoms with E-state index in [0.717, 1.165) is 30.2 Å².